The number of para-hydroxylation sites is 1. The minimum atomic E-state index is -3.34. The standard InChI is InChI=1S/C15H20N2O3S2/c1-10(15-17-12-5-3-4-6-13(12)21-15)9-16-22(18,19)14-7-8-20-11(14)2/h3-6,10-11,14,16H,7-9H2,1-2H3/t10-,11+,14+/m1/s1. The second kappa shape index (κ2) is 6.23. The van der Waals surface area contributed by atoms with Gasteiger partial charge in [-0.2, -0.15) is 0 Å². The summed E-state index contributed by atoms with van der Waals surface area (Å²) in [6.07, 6.45) is 0.321. The number of sulfonamides is 1. The molecule has 1 aromatic heterocycles. The number of hydrogen-bond donors (Lipinski definition) is 1. The van der Waals surface area contributed by atoms with Crippen LogP contribution in [-0.4, -0.2) is 37.9 Å². The van der Waals surface area contributed by atoms with Crippen molar-refractivity contribution in [1.29, 1.82) is 0 Å². The summed E-state index contributed by atoms with van der Waals surface area (Å²) in [5.74, 6) is 0.0461. The number of thiazole rings is 1. The van der Waals surface area contributed by atoms with Gasteiger partial charge in [-0.15, -0.1) is 11.3 Å². The van der Waals surface area contributed by atoms with Gasteiger partial charge in [-0.05, 0) is 25.5 Å². The molecule has 0 radical (unpaired) electrons. The van der Waals surface area contributed by atoms with E-state index in [-0.39, 0.29) is 12.0 Å². The molecular weight excluding hydrogens is 320 g/mol. The van der Waals surface area contributed by atoms with Crippen LogP contribution in [0.15, 0.2) is 24.3 Å². The molecule has 1 fully saturated rings. The molecule has 0 amide bonds. The number of nitrogens with one attached hydrogen (secondary N) is 1. The van der Waals surface area contributed by atoms with Crippen LogP contribution in [0.25, 0.3) is 10.2 Å². The average Bonchev–Trinajstić information content (AvgIpc) is 3.10. The summed E-state index contributed by atoms with van der Waals surface area (Å²) < 4.78 is 33.9. The molecule has 0 unspecified atom stereocenters. The highest BCUT2D eigenvalue weighted by Gasteiger charge is 2.35. The molecule has 120 valence electrons. The summed E-state index contributed by atoms with van der Waals surface area (Å²) in [6.45, 7) is 4.69. The number of fused-ring (bicyclic) bond motifs is 1. The molecular formula is C15H20N2O3S2. The molecule has 2 aromatic rings. The Labute approximate surface area is 134 Å². The summed E-state index contributed by atoms with van der Waals surface area (Å²) in [5.41, 5.74) is 0.968. The summed E-state index contributed by atoms with van der Waals surface area (Å²) in [4.78, 5) is 4.58. The van der Waals surface area contributed by atoms with E-state index in [0.717, 1.165) is 15.2 Å². The molecule has 0 spiro atoms. The summed E-state index contributed by atoms with van der Waals surface area (Å²) in [5, 5.41) is 0.509. The minimum absolute atomic E-state index is 0.0461. The van der Waals surface area contributed by atoms with Crippen molar-refractivity contribution in [1.82, 2.24) is 9.71 Å². The number of nitrogens with zero attached hydrogens (tertiary/aromatic N) is 1. The Hall–Kier alpha value is -1.02. The topological polar surface area (TPSA) is 68.3 Å². The molecule has 3 rings (SSSR count). The largest absolute Gasteiger partial charge is 0.377 e. The van der Waals surface area contributed by atoms with E-state index in [4.69, 9.17) is 4.74 Å². The zero-order valence-corrected chi connectivity index (χ0v) is 14.3. The molecule has 1 aromatic carbocycles. The quantitative estimate of drug-likeness (QED) is 0.908. The van der Waals surface area contributed by atoms with Crippen LogP contribution in [0.1, 0.15) is 31.2 Å². The SMILES string of the molecule is C[C@H](CNS(=O)(=O)[C@H]1CCO[C@H]1C)c1nc2ccccc2s1. The number of hydrogen-bond acceptors (Lipinski definition) is 5. The van der Waals surface area contributed by atoms with Crippen molar-refractivity contribution in [2.24, 2.45) is 0 Å². The normalized spacial score (nSPS) is 23.9. The molecule has 5 nitrogen and oxygen atoms in total. The van der Waals surface area contributed by atoms with Crippen LogP contribution < -0.4 is 4.72 Å². The van der Waals surface area contributed by atoms with Gasteiger partial charge in [0, 0.05) is 19.1 Å². The Kier molecular flexibility index (Phi) is 4.49. The summed E-state index contributed by atoms with van der Waals surface area (Å²) >= 11 is 1.62. The van der Waals surface area contributed by atoms with Crippen LogP contribution in [0, 0.1) is 0 Å². The zero-order valence-electron chi connectivity index (χ0n) is 12.7. The predicted molar refractivity (Wildman–Crippen MR) is 88.8 cm³/mol. The van der Waals surface area contributed by atoms with Crippen molar-refractivity contribution in [3.8, 4) is 0 Å². The molecule has 1 saturated heterocycles. The molecule has 0 saturated carbocycles. The molecule has 3 atom stereocenters. The van der Waals surface area contributed by atoms with Gasteiger partial charge in [-0.1, -0.05) is 19.1 Å². The summed E-state index contributed by atoms with van der Waals surface area (Å²) in [6, 6.07) is 7.95. The monoisotopic (exact) mass is 340 g/mol. The first-order valence-electron chi connectivity index (χ1n) is 7.43. The van der Waals surface area contributed by atoms with Gasteiger partial charge in [0.05, 0.1) is 21.3 Å². The van der Waals surface area contributed by atoms with Crippen molar-refractivity contribution >= 4 is 31.6 Å². The van der Waals surface area contributed by atoms with Gasteiger partial charge in [0.25, 0.3) is 0 Å². The molecule has 0 bridgehead atoms. The van der Waals surface area contributed by atoms with Gasteiger partial charge in [-0.3, -0.25) is 0 Å². The Morgan fingerprint density at radius 2 is 2.23 bits per heavy atom. The van der Waals surface area contributed by atoms with Gasteiger partial charge in [0.1, 0.15) is 5.25 Å². The zero-order chi connectivity index (χ0) is 15.7. The van der Waals surface area contributed by atoms with Gasteiger partial charge in [-0.25, -0.2) is 18.1 Å². The predicted octanol–water partition coefficient (Wildman–Crippen LogP) is 2.50. The fourth-order valence-electron chi connectivity index (χ4n) is 2.66. The van der Waals surface area contributed by atoms with E-state index in [0.29, 0.717) is 19.6 Å². The van der Waals surface area contributed by atoms with Gasteiger partial charge >= 0.3 is 0 Å². The van der Waals surface area contributed by atoms with Crippen molar-refractivity contribution in [3.63, 3.8) is 0 Å². The Morgan fingerprint density at radius 1 is 1.45 bits per heavy atom. The van der Waals surface area contributed by atoms with Gasteiger partial charge in [0.15, 0.2) is 0 Å². The fraction of sp³-hybridized carbons (Fsp3) is 0.533. The molecule has 22 heavy (non-hydrogen) atoms. The third-order valence-electron chi connectivity index (χ3n) is 4.03. The van der Waals surface area contributed by atoms with E-state index < -0.39 is 15.3 Å². The number of ether oxygens (including phenoxy) is 1. The minimum Gasteiger partial charge on any atom is -0.377 e. The Morgan fingerprint density at radius 3 is 2.91 bits per heavy atom. The van der Waals surface area contributed by atoms with Crippen LogP contribution in [0.3, 0.4) is 0 Å². The van der Waals surface area contributed by atoms with Crippen molar-refractivity contribution in [2.75, 3.05) is 13.2 Å². The molecule has 2 heterocycles. The van der Waals surface area contributed by atoms with Gasteiger partial charge in [0.2, 0.25) is 10.0 Å². The molecule has 1 N–H and O–H groups in total. The maximum Gasteiger partial charge on any atom is 0.217 e. The number of benzene rings is 1. The van der Waals surface area contributed by atoms with E-state index in [2.05, 4.69) is 9.71 Å². The van der Waals surface area contributed by atoms with E-state index in [1.165, 1.54) is 0 Å². The van der Waals surface area contributed by atoms with Crippen LogP contribution in [-0.2, 0) is 14.8 Å². The van der Waals surface area contributed by atoms with Crippen LogP contribution in [0.5, 0.6) is 0 Å². The highest BCUT2D eigenvalue weighted by atomic mass is 32.2. The lowest BCUT2D eigenvalue weighted by atomic mass is 10.2. The van der Waals surface area contributed by atoms with E-state index >= 15 is 0 Å². The maximum absolute atomic E-state index is 12.3. The second-order valence-corrected chi connectivity index (χ2v) is 8.76. The average molecular weight is 340 g/mol. The van der Waals surface area contributed by atoms with Gasteiger partial charge < -0.3 is 4.74 Å². The molecule has 1 aliphatic heterocycles. The molecule has 0 aliphatic carbocycles. The first-order valence-corrected chi connectivity index (χ1v) is 9.79. The maximum atomic E-state index is 12.3. The second-order valence-electron chi connectivity index (χ2n) is 5.72. The lowest BCUT2D eigenvalue weighted by Crippen LogP contribution is -2.39. The lowest BCUT2D eigenvalue weighted by molar-refractivity contribution is 0.126. The van der Waals surface area contributed by atoms with Crippen molar-refractivity contribution < 1.29 is 13.2 Å². The fourth-order valence-corrected chi connectivity index (χ4v) is 5.36. The van der Waals surface area contributed by atoms with Crippen molar-refractivity contribution in [3.05, 3.63) is 29.3 Å². The highest BCUT2D eigenvalue weighted by molar-refractivity contribution is 7.90. The number of aromatic nitrogens is 1. The first kappa shape index (κ1) is 15.9. The Bertz CT molecular complexity index is 724. The van der Waals surface area contributed by atoms with Crippen LogP contribution in [0.4, 0.5) is 0 Å². The first-order chi connectivity index (χ1) is 10.5. The van der Waals surface area contributed by atoms with Crippen LogP contribution >= 0.6 is 11.3 Å². The third kappa shape index (κ3) is 3.17. The van der Waals surface area contributed by atoms with E-state index in [1.807, 2.05) is 38.1 Å². The summed E-state index contributed by atoms with van der Waals surface area (Å²) in [7, 11) is -3.34. The molecule has 7 heteroatoms. The van der Waals surface area contributed by atoms with Crippen molar-refractivity contribution in [2.45, 2.75) is 37.5 Å². The number of rotatable bonds is 5. The van der Waals surface area contributed by atoms with E-state index in [1.54, 1.807) is 11.3 Å². The highest BCUT2D eigenvalue weighted by Crippen LogP contribution is 2.27. The van der Waals surface area contributed by atoms with Crippen LogP contribution in [0.2, 0.25) is 0 Å². The lowest BCUT2D eigenvalue weighted by Gasteiger charge is -2.17. The smallest absolute Gasteiger partial charge is 0.217 e. The van der Waals surface area contributed by atoms with E-state index in [9.17, 15) is 8.42 Å². The Balaban J connectivity index is 1.67. The third-order valence-corrected chi connectivity index (χ3v) is 7.28. The molecule has 1 aliphatic rings.